The van der Waals surface area contributed by atoms with Crippen LogP contribution in [0.2, 0.25) is 0 Å². The largest absolute Gasteiger partial charge is 0.371 e. The Hall–Kier alpha value is -1.10. The van der Waals surface area contributed by atoms with Crippen molar-refractivity contribution in [1.82, 2.24) is 10.6 Å². The van der Waals surface area contributed by atoms with Crippen LogP contribution in [0.4, 0.5) is 0 Å². The van der Waals surface area contributed by atoms with Crippen molar-refractivity contribution in [3.63, 3.8) is 0 Å². The van der Waals surface area contributed by atoms with Crippen molar-refractivity contribution in [3.05, 3.63) is 0 Å². The van der Waals surface area contributed by atoms with Gasteiger partial charge in [0.15, 0.2) is 0 Å². The number of amides is 2. The number of nitrogens with one attached hydrogen (secondary N) is 2. The third kappa shape index (κ3) is 8.07. The zero-order valence-corrected chi connectivity index (χ0v) is 17.6. The van der Waals surface area contributed by atoms with Gasteiger partial charge in [-0.1, -0.05) is 67.2 Å². The number of hydrogen-bond acceptors (Lipinski definition) is 3. The Morgan fingerprint density at radius 1 is 1.04 bits per heavy atom. The van der Waals surface area contributed by atoms with Gasteiger partial charge < -0.3 is 15.4 Å². The maximum Gasteiger partial charge on any atom is 0.243 e. The molecule has 0 aromatic heterocycles. The highest BCUT2D eigenvalue weighted by Gasteiger charge is 2.36. The Labute approximate surface area is 160 Å². The van der Waals surface area contributed by atoms with Crippen LogP contribution in [0.25, 0.3) is 0 Å². The van der Waals surface area contributed by atoms with Gasteiger partial charge >= 0.3 is 0 Å². The monoisotopic (exact) mass is 368 g/mol. The first-order valence-corrected chi connectivity index (χ1v) is 10.5. The fraction of sp³-hybridized carbons (Fsp3) is 0.905. The molecular weight excluding hydrogens is 328 g/mol. The van der Waals surface area contributed by atoms with Crippen LogP contribution in [0, 0.1) is 17.8 Å². The predicted octanol–water partition coefficient (Wildman–Crippen LogP) is 3.66. The van der Waals surface area contributed by atoms with E-state index in [1.54, 1.807) is 0 Å². The lowest BCUT2D eigenvalue weighted by Crippen LogP contribution is -2.54. The number of carbonyl (C=O) groups excluding carboxylic acids is 2. The van der Waals surface area contributed by atoms with Crippen molar-refractivity contribution < 1.29 is 14.3 Å². The second-order valence-electron chi connectivity index (χ2n) is 8.39. The summed E-state index contributed by atoms with van der Waals surface area (Å²) in [5.74, 6) is 0.444. The molecule has 0 spiro atoms. The number of epoxide rings is 1. The standard InChI is InChI=1S/C21H40N2O3/c1-7-9-10-11-16(6)20(24)23-19(15(5)8-2)21(25)22-17(12-14(3)4)18-13-26-18/h14-19H,7-13H2,1-6H3,(H,22,25)(H,23,24)/t15?,16-,17-,18-,19-/m0/s1. The van der Waals surface area contributed by atoms with E-state index in [2.05, 4.69) is 38.3 Å². The summed E-state index contributed by atoms with van der Waals surface area (Å²) < 4.78 is 5.41. The zero-order valence-electron chi connectivity index (χ0n) is 17.6. The summed E-state index contributed by atoms with van der Waals surface area (Å²) in [6.07, 6.45) is 6.09. The smallest absolute Gasteiger partial charge is 0.243 e. The van der Waals surface area contributed by atoms with E-state index in [4.69, 9.17) is 4.74 Å². The second kappa shape index (κ2) is 11.6. The lowest BCUT2D eigenvalue weighted by Gasteiger charge is -2.28. The van der Waals surface area contributed by atoms with Gasteiger partial charge in [-0.05, 0) is 24.7 Å². The van der Waals surface area contributed by atoms with Crippen LogP contribution in [-0.4, -0.2) is 36.6 Å². The number of ether oxygens (including phenoxy) is 1. The van der Waals surface area contributed by atoms with E-state index >= 15 is 0 Å². The quantitative estimate of drug-likeness (QED) is 0.385. The van der Waals surface area contributed by atoms with Crippen molar-refractivity contribution in [1.29, 1.82) is 0 Å². The van der Waals surface area contributed by atoms with Crippen LogP contribution >= 0.6 is 0 Å². The highest BCUT2D eigenvalue weighted by molar-refractivity contribution is 5.88. The molecule has 5 nitrogen and oxygen atoms in total. The van der Waals surface area contributed by atoms with Crippen LogP contribution in [0.3, 0.4) is 0 Å². The molecule has 0 radical (unpaired) electrons. The second-order valence-corrected chi connectivity index (χ2v) is 8.39. The van der Waals surface area contributed by atoms with Crippen LogP contribution in [0.15, 0.2) is 0 Å². The molecule has 1 fully saturated rings. The van der Waals surface area contributed by atoms with Gasteiger partial charge in [0.05, 0.1) is 12.6 Å². The van der Waals surface area contributed by atoms with Crippen LogP contribution < -0.4 is 10.6 Å². The van der Waals surface area contributed by atoms with E-state index in [1.807, 2.05) is 13.8 Å². The first-order valence-electron chi connectivity index (χ1n) is 10.5. The number of carbonyl (C=O) groups is 2. The maximum atomic E-state index is 12.9. The molecule has 5 atom stereocenters. The topological polar surface area (TPSA) is 70.7 Å². The minimum Gasteiger partial charge on any atom is -0.371 e. The Morgan fingerprint density at radius 2 is 1.69 bits per heavy atom. The molecular formula is C21H40N2O3. The third-order valence-corrected chi connectivity index (χ3v) is 5.34. The van der Waals surface area contributed by atoms with Gasteiger partial charge in [-0.15, -0.1) is 0 Å². The average molecular weight is 369 g/mol. The molecule has 26 heavy (non-hydrogen) atoms. The molecule has 1 aliphatic heterocycles. The van der Waals surface area contributed by atoms with Gasteiger partial charge in [0.25, 0.3) is 0 Å². The normalized spacial score (nSPS) is 21.0. The third-order valence-electron chi connectivity index (χ3n) is 5.34. The predicted molar refractivity (Wildman–Crippen MR) is 106 cm³/mol. The fourth-order valence-corrected chi connectivity index (χ4v) is 3.20. The Kier molecular flexibility index (Phi) is 10.2. The van der Waals surface area contributed by atoms with E-state index in [9.17, 15) is 9.59 Å². The Balaban J connectivity index is 2.66. The van der Waals surface area contributed by atoms with Gasteiger partial charge in [-0.3, -0.25) is 9.59 Å². The summed E-state index contributed by atoms with van der Waals surface area (Å²) in [5.41, 5.74) is 0. The van der Waals surface area contributed by atoms with Crippen LogP contribution in [0.5, 0.6) is 0 Å². The number of unbranched alkanes of at least 4 members (excludes halogenated alkanes) is 2. The first-order chi connectivity index (χ1) is 12.3. The first kappa shape index (κ1) is 22.9. The van der Waals surface area contributed by atoms with E-state index in [0.29, 0.717) is 12.5 Å². The SMILES string of the molecule is CCCCC[C@H](C)C(=O)N[C@H](C(=O)N[C@@H](CC(C)C)[C@@H]1CO1)C(C)CC. The molecule has 152 valence electrons. The molecule has 1 unspecified atom stereocenters. The van der Waals surface area contributed by atoms with Crippen molar-refractivity contribution >= 4 is 11.8 Å². The molecule has 0 aromatic rings. The van der Waals surface area contributed by atoms with Gasteiger partial charge in [0.1, 0.15) is 12.1 Å². The highest BCUT2D eigenvalue weighted by atomic mass is 16.6. The molecule has 1 saturated heterocycles. The maximum absolute atomic E-state index is 12.9. The van der Waals surface area contributed by atoms with Crippen molar-refractivity contribution in [3.8, 4) is 0 Å². The summed E-state index contributed by atoms with van der Waals surface area (Å²) in [6.45, 7) is 13.2. The van der Waals surface area contributed by atoms with Crippen LogP contribution in [-0.2, 0) is 14.3 Å². The molecule has 5 heteroatoms. The zero-order chi connectivity index (χ0) is 19.7. The molecule has 0 aromatic carbocycles. The summed E-state index contributed by atoms with van der Waals surface area (Å²) in [6, 6.07) is -0.442. The van der Waals surface area contributed by atoms with E-state index in [-0.39, 0.29) is 35.8 Å². The molecule has 1 aliphatic rings. The van der Waals surface area contributed by atoms with Crippen molar-refractivity contribution in [2.75, 3.05) is 6.61 Å². The molecule has 2 amide bonds. The van der Waals surface area contributed by atoms with Gasteiger partial charge in [-0.25, -0.2) is 0 Å². The van der Waals surface area contributed by atoms with Gasteiger partial charge in [0.2, 0.25) is 11.8 Å². The average Bonchev–Trinajstić information content (AvgIpc) is 3.42. The molecule has 1 rings (SSSR count). The molecule has 0 aliphatic carbocycles. The Morgan fingerprint density at radius 3 is 2.19 bits per heavy atom. The summed E-state index contributed by atoms with van der Waals surface area (Å²) in [7, 11) is 0. The minimum absolute atomic E-state index is 0.00960. The van der Waals surface area contributed by atoms with Gasteiger partial charge in [-0.2, -0.15) is 0 Å². The Bertz CT molecular complexity index is 435. The summed E-state index contributed by atoms with van der Waals surface area (Å²) >= 11 is 0. The van der Waals surface area contributed by atoms with E-state index < -0.39 is 6.04 Å². The number of rotatable bonds is 13. The van der Waals surface area contributed by atoms with E-state index in [0.717, 1.165) is 38.5 Å². The lowest BCUT2D eigenvalue weighted by molar-refractivity contribution is -0.132. The van der Waals surface area contributed by atoms with Gasteiger partial charge in [0, 0.05) is 5.92 Å². The van der Waals surface area contributed by atoms with Crippen molar-refractivity contribution in [2.24, 2.45) is 17.8 Å². The molecule has 2 N–H and O–H groups in total. The lowest BCUT2D eigenvalue weighted by atomic mass is 9.95. The van der Waals surface area contributed by atoms with E-state index in [1.165, 1.54) is 0 Å². The molecule has 0 bridgehead atoms. The molecule has 0 saturated carbocycles. The highest BCUT2D eigenvalue weighted by Crippen LogP contribution is 2.21. The summed E-state index contributed by atoms with van der Waals surface area (Å²) in [5, 5.41) is 6.16. The van der Waals surface area contributed by atoms with Crippen molar-refractivity contribution in [2.45, 2.75) is 98.3 Å². The summed E-state index contributed by atoms with van der Waals surface area (Å²) in [4.78, 5) is 25.5. The molecule has 1 heterocycles. The number of hydrogen-bond donors (Lipinski definition) is 2. The minimum atomic E-state index is -0.477. The van der Waals surface area contributed by atoms with Crippen LogP contribution in [0.1, 0.15) is 80.1 Å². The fourth-order valence-electron chi connectivity index (χ4n) is 3.20.